The van der Waals surface area contributed by atoms with E-state index in [9.17, 15) is 13.2 Å². The van der Waals surface area contributed by atoms with Crippen LogP contribution in [0.25, 0.3) is 0 Å². The normalized spacial score (nSPS) is 23.5. The smallest absolute Gasteiger partial charge is 0.401 e. The molecule has 0 aromatic carbocycles. The van der Waals surface area contributed by atoms with E-state index >= 15 is 0 Å². The second-order valence-corrected chi connectivity index (χ2v) is 6.89. The fourth-order valence-electron chi connectivity index (χ4n) is 3.07. The predicted octanol–water partition coefficient (Wildman–Crippen LogP) is 3.95. The number of likely N-dealkylation sites (tertiary alicyclic amines) is 1. The highest BCUT2D eigenvalue weighted by molar-refractivity contribution is 5.16. The van der Waals surface area contributed by atoms with Gasteiger partial charge in [-0.3, -0.25) is 4.90 Å². The van der Waals surface area contributed by atoms with Gasteiger partial charge in [0.05, 0.1) is 13.2 Å². The molecule has 0 amide bonds. The van der Waals surface area contributed by atoms with E-state index in [0.29, 0.717) is 38.5 Å². The minimum Gasteiger partial charge on any atom is -0.466 e. The van der Waals surface area contributed by atoms with Gasteiger partial charge in [0.1, 0.15) is 5.76 Å². The highest BCUT2D eigenvalue weighted by Crippen LogP contribution is 2.39. The molecule has 6 heteroatoms. The van der Waals surface area contributed by atoms with Gasteiger partial charge in [0.15, 0.2) is 0 Å². The average molecular weight is 321 g/mol. The first-order valence-corrected chi connectivity index (χ1v) is 7.97. The van der Waals surface area contributed by atoms with Crippen molar-refractivity contribution >= 4 is 0 Å². The van der Waals surface area contributed by atoms with Gasteiger partial charge in [-0.1, -0.05) is 27.7 Å². The lowest BCUT2D eigenvalue weighted by Crippen LogP contribution is -2.51. The fourth-order valence-corrected chi connectivity index (χ4v) is 3.07. The minimum absolute atomic E-state index is 0.256. The molecule has 1 saturated heterocycles. The zero-order valence-electron chi connectivity index (χ0n) is 13.8. The van der Waals surface area contributed by atoms with E-state index in [-0.39, 0.29) is 5.92 Å². The van der Waals surface area contributed by atoms with Crippen molar-refractivity contribution in [3.05, 3.63) is 11.3 Å². The van der Waals surface area contributed by atoms with Gasteiger partial charge >= 0.3 is 6.18 Å². The molecule has 3 nitrogen and oxygen atoms in total. The molecule has 0 aromatic rings. The summed E-state index contributed by atoms with van der Waals surface area (Å²) in [5, 5.41) is 0. The molecule has 0 bridgehead atoms. The lowest BCUT2D eigenvalue weighted by Gasteiger charge is -2.46. The van der Waals surface area contributed by atoms with Crippen LogP contribution in [0.2, 0.25) is 0 Å². The highest BCUT2D eigenvalue weighted by Gasteiger charge is 2.44. The molecule has 2 heterocycles. The molecule has 1 spiro atoms. The summed E-state index contributed by atoms with van der Waals surface area (Å²) in [6, 6.07) is 0. The van der Waals surface area contributed by atoms with Crippen molar-refractivity contribution in [2.75, 3.05) is 26.2 Å². The Labute approximate surface area is 130 Å². The van der Waals surface area contributed by atoms with Crippen LogP contribution in [0.5, 0.6) is 0 Å². The van der Waals surface area contributed by atoms with Crippen molar-refractivity contribution in [2.45, 2.75) is 52.5 Å². The zero-order valence-corrected chi connectivity index (χ0v) is 13.8. The third-order valence-electron chi connectivity index (χ3n) is 4.35. The van der Waals surface area contributed by atoms with E-state index < -0.39 is 18.5 Å². The topological polar surface area (TPSA) is 21.7 Å². The zero-order chi connectivity index (χ0) is 16.5. The minimum atomic E-state index is -4.15. The summed E-state index contributed by atoms with van der Waals surface area (Å²) in [6.45, 7) is 8.73. The summed E-state index contributed by atoms with van der Waals surface area (Å²) in [7, 11) is 0. The number of allylic oxidation sites excluding steroid dienone is 1. The van der Waals surface area contributed by atoms with Gasteiger partial charge < -0.3 is 9.47 Å². The van der Waals surface area contributed by atoms with Crippen LogP contribution in [0.15, 0.2) is 11.3 Å². The van der Waals surface area contributed by atoms with Gasteiger partial charge in [0, 0.05) is 31.8 Å². The summed E-state index contributed by atoms with van der Waals surface area (Å²) >= 11 is 0. The van der Waals surface area contributed by atoms with Crippen molar-refractivity contribution in [3.8, 4) is 0 Å². The molecule has 2 aliphatic rings. The van der Waals surface area contributed by atoms with Crippen LogP contribution < -0.4 is 0 Å². The Balaban J connectivity index is 2.03. The van der Waals surface area contributed by atoms with Gasteiger partial charge in [0.25, 0.3) is 0 Å². The maximum Gasteiger partial charge on any atom is 0.401 e. The lowest BCUT2D eigenvalue weighted by molar-refractivity contribution is -0.256. The third kappa shape index (κ3) is 4.16. The molecular weight excluding hydrogens is 295 g/mol. The quantitative estimate of drug-likeness (QED) is 0.785. The summed E-state index contributed by atoms with van der Waals surface area (Å²) in [4.78, 5) is 1.43. The summed E-state index contributed by atoms with van der Waals surface area (Å²) < 4.78 is 49.5. The van der Waals surface area contributed by atoms with Gasteiger partial charge in [-0.15, -0.1) is 0 Å². The van der Waals surface area contributed by atoms with Crippen molar-refractivity contribution in [2.24, 2.45) is 11.8 Å². The van der Waals surface area contributed by atoms with Gasteiger partial charge in [-0.2, -0.15) is 13.2 Å². The molecular formula is C16H26F3NO2. The number of hydrogen-bond donors (Lipinski definition) is 0. The fraction of sp³-hybridized carbons (Fsp3) is 0.875. The first-order valence-electron chi connectivity index (χ1n) is 7.97. The Morgan fingerprint density at radius 3 is 2.14 bits per heavy atom. The first-order chi connectivity index (χ1) is 10.1. The summed E-state index contributed by atoms with van der Waals surface area (Å²) in [6.07, 6.45) is -3.19. The van der Waals surface area contributed by atoms with E-state index in [1.165, 1.54) is 10.5 Å². The molecule has 0 aliphatic carbocycles. The first kappa shape index (κ1) is 17.6. The molecule has 0 saturated carbocycles. The van der Waals surface area contributed by atoms with Crippen molar-refractivity contribution in [1.82, 2.24) is 4.90 Å². The lowest BCUT2D eigenvalue weighted by atomic mass is 9.94. The molecule has 1 fully saturated rings. The van der Waals surface area contributed by atoms with Crippen LogP contribution in [0.1, 0.15) is 40.5 Å². The Morgan fingerprint density at radius 2 is 1.68 bits per heavy atom. The van der Waals surface area contributed by atoms with Crippen LogP contribution in [0.4, 0.5) is 13.2 Å². The molecule has 22 heavy (non-hydrogen) atoms. The van der Waals surface area contributed by atoms with E-state index in [1.54, 1.807) is 0 Å². The second-order valence-electron chi connectivity index (χ2n) is 6.89. The number of ether oxygens (including phenoxy) is 2. The van der Waals surface area contributed by atoms with Crippen LogP contribution in [0, 0.1) is 11.8 Å². The Morgan fingerprint density at radius 1 is 1.09 bits per heavy atom. The SMILES string of the molecule is CC(C)C1=C(C(C)C)OC2(CCN(CC(F)(F)F)CC2)OC1. The monoisotopic (exact) mass is 321 g/mol. The maximum atomic E-state index is 12.5. The molecule has 0 radical (unpaired) electrons. The van der Waals surface area contributed by atoms with Gasteiger partial charge in [-0.25, -0.2) is 0 Å². The molecule has 0 unspecified atom stereocenters. The van der Waals surface area contributed by atoms with Crippen LogP contribution >= 0.6 is 0 Å². The largest absolute Gasteiger partial charge is 0.466 e. The van der Waals surface area contributed by atoms with Crippen molar-refractivity contribution < 1.29 is 22.6 Å². The highest BCUT2D eigenvalue weighted by atomic mass is 19.4. The number of piperidine rings is 1. The average Bonchev–Trinajstić information content (AvgIpc) is 2.40. The standard InChI is InChI=1S/C16H26F3NO2/c1-11(2)13-9-21-15(22-14(13)12(3)4)5-7-20(8-6-15)10-16(17,18)19/h11-12H,5-10H2,1-4H3. The van der Waals surface area contributed by atoms with Crippen molar-refractivity contribution in [1.29, 1.82) is 0 Å². The van der Waals surface area contributed by atoms with Gasteiger partial charge in [0.2, 0.25) is 5.79 Å². The molecule has 128 valence electrons. The number of hydrogen-bond acceptors (Lipinski definition) is 3. The Kier molecular flexibility index (Phi) is 5.12. The van der Waals surface area contributed by atoms with Crippen LogP contribution in [-0.4, -0.2) is 43.1 Å². The maximum absolute atomic E-state index is 12.5. The van der Waals surface area contributed by atoms with Crippen molar-refractivity contribution in [3.63, 3.8) is 0 Å². The number of nitrogens with zero attached hydrogens (tertiary/aromatic N) is 1. The Hall–Kier alpha value is -0.750. The van der Waals surface area contributed by atoms with Crippen LogP contribution in [0.3, 0.4) is 0 Å². The number of alkyl halides is 3. The number of halogens is 3. The number of rotatable bonds is 3. The second kappa shape index (κ2) is 6.40. The summed E-state index contributed by atoms with van der Waals surface area (Å²) in [5.74, 6) is 0.831. The molecule has 0 N–H and O–H groups in total. The molecule has 0 aromatic heterocycles. The molecule has 2 aliphatic heterocycles. The molecule has 0 atom stereocenters. The third-order valence-corrected chi connectivity index (χ3v) is 4.35. The van der Waals surface area contributed by atoms with E-state index in [1.807, 2.05) is 0 Å². The Bertz CT molecular complexity index is 422. The predicted molar refractivity (Wildman–Crippen MR) is 78.2 cm³/mol. The van der Waals surface area contributed by atoms with E-state index in [4.69, 9.17) is 9.47 Å². The molecule has 2 rings (SSSR count). The van der Waals surface area contributed by atoms with E-state index in [2.05, 4.69) is 27.7 Å². The van der Waals surface area contributed by atoms with Crippen LogP contribution in [-0.2, 0) is 9.47 Å². The van der Waals surface area contributed by atoms with E-state index in [0.717, 1.165) is 5.76 Å². The summed E-state index contributed by atoms with van der Waals surface area (Å²) in [5.41, 5.74) is 1.17. The van der Waals surface area contributed by atoms with Gasteiger partial charge in [-0.05, 0) is 11.5 Å².